The maximum Gasteiger partial charge on any atom is 0.223 e. The third-order valence-electron chi connectivity index (χ3n) is 3.56. The zero-order chi connectivity index (χ0) is 14.2. The normalized spacial score (nSPS) is 17.3. The summed E-state index contributed by atoms with van der Waals surface area (Å²) in [6.45, 7) is 3.81. The van der Waals surface area contributed by atoms with Crippen LogP contribution in [-0.2, 0) is 17.4 Å². The van der Waals surface area contributed by atoms with Crippen molar-refractivity contribution < 1.29 is 4.57 Å². The summed E-state index contributed by atoms with van der Waals surface area (Å²) in [6, 6.07) is 7.98. The van der Waals surface area contributed by atoms with Crippen LogP contribution >= 0.6 is 18.6 Å². The third kappa shape index (κ3) is 2.82. The molecule has 3 rings (SSSR count). The monoisotopic (exact) mass is 306 g/mol. The highest BCUT2D eigenvalue weighted by Crippen LogP contribution is 2.42. The lowest BCUT2D eigenvalue weighted by molar-refractivity contribution is 0.587. The van der Waals surface area contributed by atoms with Gasteiger partial charge >= 0.3 is 0 Å². The highest BCUT2D eigenvalue weighted by molar-refractivity contribution is 7.77. The number of anilines is 1. The van der Waals surface area contributed by atoms with E-state index in [4.69, 9.17) is 0 Å². The predicted octanol–water partition coefficient (Wildman–Crippen LogP) is 3.98. The molecule has 0 unspecified atom stereocenters. The van der Waals surface area contributed by atoms with Crippen LogP contribution in [0.4, 0.5) is 5.69 Å². The van der Waals surface area contributed by atoms with Gasteiger partial charge in [0.25, 0.3) is 0 Å². The molecular weight excluding hydrogens is 287 g/mol. The summed E-state index contributed by atoms with van der Waals surface area (Å²) in [5, 5.41) is 3.19. The quantitative estimate of drug-likeness (QED) is 0.872. The number of aryl methyl sites for hydroxylation is 3. The van der Waals surface area contributed by atoms with Crippen molar-refractivity contribution in [3.05, 3.63) is 40.4 Å². The number of hydrogen-bond donors (Lipinski definition) is 1. The van der Waals surface area contributed by atoms with Crippen molar-refractivity contribution in [3.63, 3.8) is 0 Å². The Labute approximate surface area is 123 Å². The highest BCUT2D eigenvalue weighted by atomic mass is 32.1. The molecule has 0 fully saturated rings. The molecule has 0 bridgehead atoms. The molecule has 1 heterocycles. The molecule has 1 aliphatic rings. The molecule has 3 nitrogen and oxygen atoms in total. The summed E-state index contributed by atoms with van der Waals surface area (Å²) in [6.07, 6.45) is 4.57. The Kier molecular flexibility index (Phi) is 3.70. The number of hydrogen-bond acceptors (Lipinski definition) is 3. The van der Waals surface area contributed by atoms with E-state index in [0.717, 1.165) is 28.8 Å². The third-order valence-corrected chi connectivity index (χ3v) is 7.35. The van der Waals surface area contributed by atoms with Gasteiger partial charge in [-0.2, -0.15) is 0 Å². The summed E-state index contributed by atoms with van der Waals surface area (Å²) in [5.41, 5.74) is 3.24. The Morgan fingerprint density at radius 1 is 1.30 bits per heavy atom. The molecule has 1 aliphatic carbocycles. The number of fused-ring (bicyclic) bond motifs is 1. The van der Waals surface area contributed by atoms with E-state index in [9.17, 15) is 4.57 Å². The number of nitrogens with zero attached hydrogens (tertiary/aromatic N) is 1. The van der Waals surface area contributed by atoms with Crippen LogP contribution in [0.25, 0.3) is 0 Å². The predicted molar refractivity (Wildman–Crippen MR) is 86.7 cm³/mol. The lowest BCUT2D eigenvalue weighted by Crippen LogP contribution is -2.10. The molecule has 1 aromatic carbocycles. The molecule has 1 aromatic heterocycles. The lowest BCUT2D eigenvalue weighted by atomic mass is 10.0. The fourth-order valence-corrected chi connectivity index (χ4v) is 5.62. The van der Waals surface area contributed by atoms with Gasteiger partial charge in [0.1, 0.15) is 0 Å². The average Bonchev–Trinajstić information content (AvgIpc) is 2.82. The summed E-state index contributed by atoms with van der Waals surface area (Å²) in [5.74, 6) is 0. The zero-order valence-corrected chi connectivity index (χ0v) is 13.6. The molecule has 20 heavy (non-hydrogen) atoms. The number of thiazole rings is 1. The fourth-order valence-electron chi connectivity index (χ4n) is 2.53. The first-order valence-electron chi connectivity index (χ1n) is 6.96. The van der Waals surface area contributed by atoms with E-state index in [2.05, 4.69) is 10.1 Å². The van der Waals surface area contributed by atoms with Crippen LogP contribution in [0.1, 0.15) is 29.0 Å². The van der Waals surface area contributed by atoms with Gasteiger partial charge in [0.2, 0.25) is 7.29 Å². The molecule has 0 aliphatic heterocycles. The summed E-state index contributed by atoms with van der Waals surface area (Å²) in [7, 11) is -2.63. The largest absolute Gasteiger partial charge is 0.331 e. The minimum Gasteiger partial charge on any atom is -0.331 e. The Balaban J connectivity index is 1.87. The van der Waals surface area contributed by atoms with Crippen molar-refractivity contribution >= 4 is 29.1 Å². The standard InChI is InChI=1S/C15H19N2OPS/c1-11-6-5-7-12(10-11)17-19(2,18)15-16-13-8-3-4-9-14(13)20-15/h5-7,10H,3-4,8-9H2,1-2H3,(H,17,18)/t19-/m1/s1. The smallest absolute Gasteiger partial charge is 0.223 e. The minimum absolute atomic E-state index is 0.769. The topological polar surface area (TPSA) is 42.0 Å². The van der Waals surface area contributed by atoms with Gasteiger partial charge in [0.15, 0.2) is 4.75 Å². The second-order valence-electron chi connectivity index (χ2n) is 5.48. The first-order valence-corrected chi connectivity index (χ1v) is 9.93. The maximum absolute atomic E-state index is 13.0. The average molecular weight is 306 g/mol. The van der Waals surface area contributed by atoms with E-state index in [1.807, 2.05) is 31.2 Å². The van der Waals surface area contributed by atoms with Crippen molar-refractivity contribution in [2.45, 2.75) is 32.6 Å². The molecular formula is C15H19N2OPS. The van der Waals surface area contributed by atoms with E-state index in [1.165, 1.54) is 23.4 Å². The number of nitrogens with one attached hydrogen (secondary N) is 1. The van der Waals surface area contributed by atoms with E-state index < -0.39 is 7.29 Å². The van der Waals surface area contributed by atoms with E-state index in [-0.39, 0.29) is 0 Å². The summed E-state index contributed by atoms with van der Waals surface area (Å²) in [4.78, 5) is 5.97. The lowest BCUT2D eigenvalue weighted by Gasteiger charge is -2.13. The molecule has 106 valence electrons. The molecule has 0 amide bonds. The van der Waals surface area contributed by atoms with Crippen LogP contribution in [0.5, 0.6) is 0 Å². The Bertz CT molecular complexity index is 657. The van der Waals surface area contributed by atoms with Crippen molar-refractivity contribution in [2.24, 2.45) is 0 Å². The molecule has 5 heteroatoms. The highest BCUT2D eigenvalue weighted by Gasteiger charge is 2.26. The summed E-state index contributed by atoms with van der Waals surface area (Å²) >= 11 is 1.63. The second-order valence-corrected chi connectivity index (χ2v) is 9.36. The molecule has 0 saturated carbocycles. The number of aromatic nitrogens is 1. The Morgan fingerprint density at radius 3 is 2.85 bits per heavy atom. The molecule has 1 N–H and O–H groups in total. The molecule has 0 spiro atoms. The van der Waals surface area contributed by atoms with Gasteiger partial charge < -0.3 is 5.09 Å². The fraction of sp³-hybridized carbons (Fsp3) is 0.400. The van der Waals surface area contributed by atoms with Gasteiger partial charge in [-0.25, -0.2) is 4.98 Å². The van der Waals surface area contributed by atoms with Gasteiger partial charge in [0.05, 0.1) is 5.69 Å². The van der Waals surface area contributed by atoms with Crippen molar-refractivity contribution in [1.29, 1.82) is 0 Å². The van der Waals surface area contributed by atoms with E-state index in [0.29, 0.717) is 0 Å². The number of benzene rings is 1. The van der Waals surface area contributed by atoms with E-state index in [1.54, 1.807) is 18.0 Å². The van der Waals surface area contributed by atoms with Gasteiger partial charge in [-0.15, -0.1) is 11.3 Å². The number of rotatable bonds is 3. The van der Waals surface area contributed by atoms with E-state index >= 15 is 0 Å². The second kappa shape index (κ2) is 5.34. The molecule has 0 saturated heterocycles. The SMILES string of the molecule is Cc1cccc(N[P@](C)(=O)c2nc3c(s2)CCCC3)c1. The van der Waals surface area contributed by atoms with Crippen LogP contribution in [0, 0.1) is 6.92 Å². The van der Waals surface area contributed by atoms with Gasteiger partial charge in [0, 0.05) is 17.2 Å². The van der Waals surface area contributed by atoms with Crippen LogP contribution in [0.2, 0.25) is 0 Å². The van der Waals surface area contributed by atoms with Gasteiger partial charge in [-0.05, 0) is 50.3 Å². The Morgan fingerprint density at radius 2 is 2.10 bits per heavy atom. The van der Waals surface area contributed by atoms with Crippen LogP contribution in [0.3, 0.4) is 0 Å². The van der Waals surface area contributed by atoms with Crippen LogP contribution in [-0.4, -0.2) is 11.6 Å². The molecule has 1 atom stereocenters. The van der Waals surface area contributed by atoms with Gasteiger partial charge in [-0.1, -0.05) is 12.1 Å². The summed E-state index contributed by atoms with van der Waals surface area (Å²) < 4.78 is 13.7. The van der Waals surface area contributed by atoms with Crippen molar-refractivity contribution in [1.82, 2.24) is 4.98 Å². The molecule has 2 aromatic rings. The van der Waals surface area contributed by atoms with Crippen LogP contribution < -0.4 is 9.84 Å². The molecule has 0 radical (unpaired) electrons. The minimum atomic E-state index is -2.63. The van der Waals surface area contributed by atoms with Crippen molar-refractivity contribution in [2.75, 3.05) is 11.8 Å². The van der Waals surface area contributed by atoms with Crippen LogP contribution in [0.15, 0.2) is 24.3 Å². The zero-order valence-electron chi connectivity index (χ0n) is 11.8. The maximum atomic E-state index is 13.0. The first-order chi connectivity index (χ1) is 9.54. The first kappa shape index (κ1) is 13.8. The van der Waals surface area contributed by atoms with Crippen molar-refractivity contribution in [3.8, 4) is 0 Å². The van der Waals surface area contributed by atoms with Gasteiger partial charge in [-0.3, -0.25) is 4.57 Å². The Hall–Kier alpha value is -1.12.